The molecule has 0 amide bonds. The lowest BCUT2D eigenvalue weighted by atomic mass is 10.3. The molecule has 5 nitrogen and oxygen atoms in total. The third kappa shape index (κ3) is 2.24. The monoisotopic (exact) mass is 205 g/mol. The minimum absolute atomic E-state index is 0.205. The Hall–Kier alpha value is -1.62. The van der Waals surface area contributed by atoms with Crippen LogP contribution >= 0.6 is 0 Å². The molecule has 15 heavy (non-hydrogen) atoms. The Morgan fingerprint density at radius 3 is 2.87 bits per heavy atom. The fourth-order valence-electron chi connectivity index (χ4n) is 1.43. The summed E-state index contributed by atoms with van der Waals surface area (Å²) in [4.78, 5) is 14.5. The summed E-state index contributed by atoms with van der Waals surface area (Å²) in [7, 11) is 0. The van der Waals surface area contributed by atoms with Crippen LogP contribution < -0.4 is 5.32 Å². The van der Waals surface area contributed by atoms with Crippen LogP contribution in [0.15, 0.2) is 18.7 Å². The molecule has 2 aromatic rings. The van der Waals surface area contributed by atoms with Gasteiger partial charge in [0.15, 0.2) is 0 Å². The minimum atomic E-state index is 0.205. The van der Waals surface area contributed by atoms with Crippen LogP contribution in [-0.4, -0.2) is 19.9 Å². The number of nitrogens with zero attached hydrogens (tertiary/aromatic N) is 2. The highest BCUT2D eigenvalue weighted by atomic mass is 15.0. The Morgan fingerprint density at radius 2 is 2.27 bits per heavy atom. The number of H-pyrrole nitrogens is 2. The first-order valence-electron chi connectivity index (χ1n) is 4.99. The molecule has 0 aromatic carbocycles. The van der Waals surface area contributed by atoms with E-state index in [1.165, 1.54) is 0 Å². The lowest BCUT2D eigenvalue weighted by Crippen LogP contribution is -2.19. The average molecular weight is 205 g/mol. The maximum Gasteiger partial charge on any atom is 0.122 e. The van der Waals surface area contributed by atoms with Crippen molar-refractivity contribution in [2.75, 3.05) is 0 Å². The fourth-order valence-corrected chi connectivity index (χ4v) is 1.43. The fraction of sp³-hybridized carbons (Fsp3) is 0.400. The zero-order valence-electron chi connectivity index (χ0n) is 8.91. The zero-order chi connectivity index (χ0) is 10.7. The predicted octanol–water partition coefficient (Wildman–Crippen LogP) is 1.29. The van der Waals surface area contributed by atoms with Crippen molar-refractivity contribution in [3.8, 4) is 0 Å². The average Bonchev–Trinajstić information content (AvgIpc) is 2.85. The molecule has 1 unspecified atom stereocenters. The first kappa shape index (κ1) is 9.92. The van der Waals surface area contributed by atoms with Gasteiger partial charge in [0.1, 0.15) is 5.82 Å². The van der Waals surface area contributed by atoms with Crippen LogP contribution in [0.4, 0.5) is 0 Å². The van der Waals surface area contributed by atoms with Gasteiger partial charge in [-0.05, 0) is 13.8 Å². The maximum absolute atomic E-state index is 4.22. The van der Waals surface area contributed by atoms with Crippen LogP contribution in [0.1, 0.15) is 30.2 Å². The molecule has 1 atom stereocenters. The topological polar surface area (TPSA) is 69.4 Å². The van der Waals surface area contributed by atoms with Crippen LogP contribution in [0, 0.1) is 6.92 Å². The Kier molecular flexibility index (Phi) is 2.82. The van der Waals surface area contributed by atoms with E-state index in [2.05, 4.69) is 32.2 Å². The van der Waals surface area contributed by atoms with Crippen molar-refractivity contribution in [3.63, 3.8) is 0 Å². The highest BCUT2D eigenvalue weighted by Gasteiger charge is 2.08. The molecule has 0 fully saturated rings. The maximum atomic E-state index is 4.22. The van der Waals surface area contributed by atoms with Crippen LogP contribution in [0.3, 0.4) is 0 Å². The second-order valence-corrected chi connectivity index (χ2v) is 3.55. The largest absolute Gasteiger partial charge is 0.348 e. The van der Waals surface area contributed by atoms with E-state index in [-0.39, 0.29) is 6.04 Å². The number of imidazole rings is 2. The molecule has 0 saturated carbocycles. The second-order valence-electron chi connectivity index (χ2n) is 3.55. The van der Waals surface area contributed by atoms with E-state index in [0.29, 0.717) is 0 Å². The molecule has 0 bridgehead atoms. The number of rotatable bonds is 4. The summed E-state index contributed by atoms with van der Waals surface area (Å²) in [5.74, 6) is 0.947. The van der Waals surface area contributed by atoms with Gasteiger partial charge in [-0.25, -0.2) is 9.97 Å². The van der Waals surface area contributed by atoms with Crippen LogP contribution in [0.25, 0.3) is 0 Å². The van der Waals surface area contributed by atoms with Crippen LogP contribution in [0.5, 0.6) is 0 Å². The Labute approximate surface area is 88.4 Å². The van der Waals surface area contributed by atoms with Gasteiger partial charge in [-0.1, -0.05) is 0 Å². The highest BCUT2D eigenvalue weighted by Crippen LogP contribution is 2.07. The Morgan fingerprint density at radius 1 is 1.40 bits per heavy atom. The van der Waals surface area contributed by atoms with Crippen LogP contribution in [0.2, 0.25) is 0 Å². The molecule has 3 N–H and O–H groups in total. The standard InChI is InChI=1S/C10H15N5/c1-7-9(15-6-14-7)5-13-8(2)10-11-3-4-12-10/h3-4,6,8,13H,5H2,1-2H3,(H,11,12)(H,14,15). The van der Waals surface area contributed by atoms with Crippen molar-refractivity contribution in [2.45, 2.75) is 26.4 Å². The molecule has 0 radical (unpaired) electrons. The van der Waals surface area contributed by atoms with E-state index in [9.17, 15) is 0 Å². The first-order valence-corrected chi connectivity index (χ1v) is 4.99. The molecule has 0 spiro atoms. The van der Waals surface area contributed by atoms with Gasteiger partial charge >= 0.3 is 0 Å². The van der Waals surface area contributed by atoms with E-state index < -0.39 is 0 Å². The Balaban J connectivity index is 1.91. The van der Waals surface area contributed by atoms with E-state index in [1.807, 2.05) is 13.1 Å². The normalized spacial score (nSPS) is 12.9. The van der Waals surface area contributed by atoms with Crippen molar-refractivity contribution in [3.05, 3.63) is 35.9 Å². The molecule has 0 aliphatic rings. The van der Waals surface area contributed by atoms with E-state index in [1.54, 1.807) is 12.5 Å². The second kappa shape index (κ2) is 4.27. The molecular weight excluding hydrogens is 190 g/mol. The molecule has 0 aliphatic heterocycles. The smallest absolute Gasteiger partial charge is 0.122 e. The summed E-state index contributed by atoms with van der Waals surface area (Å²) >= 11 is 0. The number of nitrogens with one attached hydrogen (secondary N) is 3. The lowest BCUT2D eigenvalue weighted by Gasteiger charge is -2.10. The third-order valence-electron chi connectivity index (χ3n) is 2.44. The minimum Gasteiger partial charge on any atom is -0.348 e. The van der Waals surface area contributed by atoms with Gasteiger partial charge in [0, 0.05) is 24.6 Å². The van der Waals surface area contributed by atoms with Crippen LogP contribution in [-0.2, 0) is 6.54 Å². The van der Waals surface area contributed by atoms with Gasteiger partial charge in [0.05, 0.1) is 18.1 Å². The van der Waals surface area contributed by atoms with Crippen molar-refractivity contribution in [1.29, 1.82) is 0 Å². The number of aryl methyl sites for hydroxylation is 1. The molecule has 80 valence electrons. The summed E-state index contributed by atoms with van der Waals surface area (Å²) in [6, 6.07) is 0.205. The van der Waals surface area contributed by atoms with E-state index in [4.69, 9.17) is 0 Å². The van der Waals surface area contributed by atoms with Crippen molar-refractivity contribution in [2.24, 2.45) is 0 Å². The van der Waals surface area contributed by atoms with Gasteiger partial charge < -0.3 is 15.3 Å². The third-order valence-corrected chi connectivity index (χ3v) is 2.44. The van der Waals surface area contributed by atoms with Gasteiger partial charge in [0.25, 0.3) is 0 Å². The summed E-state index contributed by atoms with van der Waals surface area (Å²) < 4.78 is 0. The van der Waals surface area contributed by atoms with Crippen molar-refractivity contribution in [1.82, 2.24) is 25.3 Å². The number of hydrogen-bond donors (Lipinski definition) is 3. The zero-order valence-corrected chi connectivity index (χ0v) is 8.91. The summed E-state index contributed by atoms with van der Waals surface area (Å²) in [5.41, 5.74) is 2.16. The summed E-state index contributed by atoms with van der Waals surface area (Å²) in [6.45, 7) is 4.83. The SMILES string of the molecule is Cc1[nH]cnc1CNC(C)c1ncc[nH]1. The summed E-state index contributed by atoms with van der Waals surface area (Å²) in [6.07, 6.45) is 5.30. The molecular formula is C10H15N5. The number of aromatic amines is 2. The number of hydrogen-bond acceptors (Lipinski definition) is 3. The summed E-state index contributed by atoms with van der Waals surface area (Å²) in [5, 5.41) is 3.35. The molecule has 0 saturated heterocycles. The van der Waals surface area contributed by atoms with Gasteiger partial charge in [-0.3, -0.25) is 0 Å². The van der Waals surface area contributed by atoms with Gasteiger partial charge in [-0.2, -0.15) is 0 Å². The van der Waals surface area contributed by atoms with Crippen molar-refractivity contribution < 1.29 is 0 Å². The molecule has 2 rings (SSSR count). The molecule has 2 aromatic heterocycles. The Bertz CT molecular complexity index is 403. The van der Waals surface area contributed by atoms with E-state index >= 15 is 0 Å². The van der Waals surface area contributed by atoms with Crippen molar-refractivity contribution >= 4 is 0 Å². The van der Waals surface area contributed by atoms with E-state index in [0.717, 1.165) is 23.8 Å². The van der Waals surface area contributed by atoms with Gasteiger partial charge in [-0.15, -0.1) is 0 Å². The first-order chi connectivity index (χ1) is 7.27. The molecule has 5 heteroatoms. The lowest BCUT2D eigenvalue weighted by molar-refractivity contribution is 0.545. The highest BCUT2D eigenvalue weighted by molar-refractivity contribution is 5.08. The van der Waals surface area contributed by atoms with Gasteiger partial charge in [0.2, 0.25) is 0 Å². The predicted molar refractivity (Wildman–Crippen MR) is 57.2 cm³/mol. The molecule has 0 aliphatic carbocycles. The quantitative estimate of drug-likeness (QED) is 0.704. The molecule has 2 heterocycles. The number of aromatic nitrogens is 4.